The molecular weight excluding hydrogens is 501 g/mol. The van der Waals surface area contributed by atoms with Gasteiger partial charge in [0.15, 0.2) is 0 Å². The van der Waals surface area contributed by atoms with Crippen LogP contribution in [0.3, 0.4) is 0 Å². The van der Waals surface area contributed by atoms with Crippen molar-refractivity contribution >= 4 is 34.6 Å². The van der Waals surface area contributed by atoms with E-state index in [1.54, 1.807) is 26.3 Å². The van der Waals surface area contributed by atoms with Gasteiger partial charge in [-0.3, -0.25) is 4.79 Å². The zero-order chi connectivity index (χ0) is 26.6. The van der Waals surface area contributed by atoms with E-state index in [0.717, 1.165) is 59.0 Å². The molecule has 1 saturated heterocycles. The fourth-order valence-corrected chi connectivity index (χ4v) is 6.20. The molecule has 0 radical (unpaired) electrons. The van der Waals surface area contributed by atoms with Crippen LogP contribution >= 0.6 is 11.8 Å². The van der Waals surface area contributed by atoms with Crippen LogP contribution in [0.4, 0.5) is 15.8 Å². The van der Waals surface area contributed by atoms with E-state index in [0.29, 0.717) is 24.4 Å². The van der Waals surface area contributed by atoms with E-state index in [-0.39, 0.29) is 11.9 Å². The Bertz CT molecular complexity index is 1400. The fraction of sp³-hybridized carbons (Fsp3) is 0.414. The molecule has 3 N–H and O–H groups in total. The monoisotopic (exact) mass is 535 g/mol. The number of anilines is 2. The normalized spacial score (nSPS) is 19.3. The summed E-state index contributed by atoms with van der Waals surface area (Å²) in [6.45, 7) is 1.76. The second-order valence-electron chi connectivity index (χ2n) is 9.74. The molecule has 5 rings (SSSR count). The van der Waals surface area contributed by atoms with Crippen molar-refractivity contribution in [2.75, 3.05) is 57.2 Å². The maximum atomic E-state index is 14.8. The van der Waals surface area contributed by atoms with Crippen molar-refractivity contribution in [3.05, 3.63) is 53.2 Å². The van der Waals surface area contributed by atoms with Crippen molar-refractivity contribution in [1.82, 2.24) is 14.6 Å². The molecule has 2 atom stereocenters. The maximum absolute atomic E-state index is 14.8. The number of amides is 1. The highest BCUT2D eigenvalue weighted by molar-refractivity contribution is 7.99. The molecule has 200 valence electrons. The largest absolute Gasteiger partial charge is 0.495 e. The lowest BCUT2D eigenvalue weighted by atomic mass is 10.0. The van der Waals surface area contributed by atoms with Crippen molar-refractivity contribution < 1.29 is 13.9 Å². The van der Waals surface area contributed by atoms with Gasteiger partial charge in [0.05, 0.1) is 47.2 Å². The van der Waals surface area contributed by atoms with Crippen LogP contribution in [0.15, 0.2) is 41.4 Å². The van der Waals surface area contributed by atoms with Gasteiger partial charge >= 0.3 is 0 Å². The number of rotatable bonds is 6. The highest BCUT2D eigenvalue weighted by atomic mass is 32.2. The molecule has 0 spiro atoms. The zero-order valence-electron chi connectivity index (χ0n) is 22.1. The highest BCUT2D eigenvalue weighted by Gasteiger charge is 2.28. The summed E-state index contributed by atoms with van der Waals surface area (Å²) in [4.78, 5) is 14.0. The first kappa shape index (κ1) is 26.3. The average Bonchev–Trinajstić information content (AvgIpc) is 3.15. The number of hydrogen-bond donors (Lipinski definition) is 3. The highest BCUT2D eigenvalue weighted by Crippen LogP contribution is 2.35. The summed E-state index contributed by atoms with van der Waals surface area (Å²) in [5.74, 6) is 8.08. The molecule has 4 heterocycles. The molecule has 1 amide bonds. The van der Waals surface area contributed by atoms with E-state index >= 15 is 0 Å². The van der Waals surface area contributed by atoms with E-state index in [2.05, 4.69) is 50.4 Å². The number of likely N-dealkylation sites (tertiary alicyclic amines) is 1. The molecule has 9 heteroatoms. The van der Waals surface area contributed by atoms with E-state index in [1.165, 1.54) is 5.69 Å². The van der Waals surface area contributed by atoms with Crippen LogP contribution in [0.1, 0.15) is 34.5 Å². The number of nitrogens with one attached hydrogen (secondary N) is 3. The maximum Gasteiger partial charge on any atom is 0.251 e. The second kappa shape index (κ2) is 11.6. The van der Waals surface area contributed by atoms with Gasteiger partial charge in [0.1, 0.15) is 11.9 Å². The lowest BCUT2D eigenvalue weighted by molar-refractivity contribution is 0.0962. The van der Waals surface area contributed by atoms with E-state index < -0.39 is 6.17 Å². The van der Waals surface area contributed by atoms with E-state index in [4.69, 9.17) is 4.74 Å². The smallest absolute Gasteiger partial charge is 0.251 e. The molecule has 1 fully saturated rings. The summed E-state index contributed by atoms with van der Waals surface area (Å²) in [7, 11) is 5.15. The molecule has 0 unspecified atom stereocenters. The second-order valence-corrected chi connectivity index (χ2v) is 10.8. The lowest BCUT2D eigenvalue weighted by Gasteiger charge is -2.33. The minimum absolute atomic E-state index is 0.163. The van der Waals surface area contributed by atoms with Crippen LogP contribution in [0, 0.1) is 11.8 Å². The minimum Gasteiger partial charge on any atom is -0.495 e. The Morgan fingerprint density at radius 2 is 2.08 bits per heavy atom. The third-order valence-corrected chi connectivity index (χ3v) is 8.31. The number of alkyl halides is 1. The summed E-state index contributed by atoms with van der Waals surface area (Å²) in [6.07, 6.45) is 1.99. The van der Waals surface area contributed by atoms with Crippen molar-refractivity contribution in [2.45, 2.75) is 36.5 Å². The molecule has 0 aliphatic carbocycles. The van der Waals surface area contributed by atoms with Gasteiger partial charge in [-0.05, 0) is 68.5 Å². The SMILES string of the molecule is CNC(=O)c1ccc(NCC#Cc2cc3c(N[C@H]4CCN(C)C[C@H]4F)ccc4n3c2SCCC4)c(OC)c1. The number of methoxy groups -OCH3 is 1. The quantitative estimate of drug-likeness (QED) is 0.410. The van der Waals surface area contributed by atoms with Gasteiger partial charge in [-0.1, -0.05) is 11.8 Å². The molecule has 3 aromatic rings. The van der Waals surface area contributed by atoms with Crippen molar-refractivity contribution in [2.24, 2.45) is 0 Å². The number of piperidine rings is 1. The Morgan fingerprint density at radius 3 is 2.87 bits per heavy atom. The average molecular weight is 536 g/mol. The summed E-state index contributed by atoms with van der Waals surface area (Å²) < 4.78 is 22.6. The first-order valence-corrected chi connectivity index (χ1v) is 14.0. The molecular formula is C29H34FN5O2S. The standard InChI is InChI=1S/C29H34FN5O2S/c1-31-28(36)19-8-10-25(27(17-19)37-3)32-13-4-6-20-16-26-24(33-23-12-14-34(2)18-22(23)30)11-9-21-7-5-15-38-29(20)35(21)26/h8-11,16-17,22-23,32-33H,5,7,12-15,18H2,1-3H3,(H,31,36)/t22-,23+/m1/s1. The number of aromatic nitrogens is 1. The predicted octanol–water partition coefficient (Wildman–Crippen LogP) is 4.26. The minimum atomic E-state index is -0.902. The van der Waals surface area contributed by atoms with Gasteiger partial charge in [-0.25, -0.2) is 4.39 Å². The van der Waals surface area contributed by atoms with Crippen LogP contribution < -0.4 is 20.7 Å². The molecule has 2 aliphatic heterocycles. The summed E-state index contributed by atoms with van der Waals surface area (Å²) in [5, 5.41) is 10.6. The Balaban J connectivity index is 1.39. The Kier molecular flexibility index (Phi) is 8.01. The molecule has 0 saturated carbocycles. The first-order valence-electron chi connectivity index (χ1n) is 13.0. The first-order chi connectivity index (χ1) is 18.5. The van der Waals surface area contributed by atoms with Gasteiger partial charge in [0.2, 0.25) is 0 Å². The van der Waals surface area contributed by atoms with Crippen molar-refractivity contribution in [3.8, 4) is 17.6 Å². The number of benzene rings is 1. The van der Waals surface area contributed by atoms with E-state index in [1.807, 2.05) is 29.8 Å². The molecule has 2 aliphatic rings. The third kappa shape index (κ3) is 5.42. The molecule has 2 aromatic heterocycles. The molecule has 0 bridgehead atoms. The van der Waals surface area contributed by atoms with Crippen LogP contribution in [0.2, 0.25) is 0 Å². The van der Waals surface area contributed by atoms with Crippen LogP contribution in [0.5, 0.6) is 5.75 Å². The number of halogens is 1. The Hall–Kier alpha value is -3.35. The molecule has 38 heavy (non-hydrogen) atoms. The summed E-state index contributed by atoms with van der Waals surface area (Å²) in [5.41, 5.74) is 5.57. The fourth-order valence-electron chi connectivity index (χ4n) is 5.11. The number of carbonyl (C=O) groups excluding carboxylic acids is 1. The van der Waals surface area contributed by atoms with Crippen molar-refractivity contribution in [1.29, 1.82) is 0 Å². The lowest BCUT2D eigenvalue weighted by Crippen LogP contribution is -2.46. The van der Waals surface area contributed by atoms with E-state index in [9.17, 15) is 9.18 Å². The summed E-state index contributed by atoms with van der Waals surface area (Å²) >= 11 is 1.83. The van der Waals surface area contributed by atoms with Gasteiger partial charge in [0, 0.05) is 31.4 Å². The third-order valence-electron chi connectivity index (χ3n) is 7.14. The number of carbonyl (C=O) groups is 1. The number of nitrogens with zero attached hydrogens (tertiary/aromatic N) is 2. The number of pyridine rings is 1. The van der Waals surface area contributed by atoms with Crippen LogP contribution in [-0.2, 0) is 6.42 Å². The number of thioether (sulfide) groups is 1. The number of aryl methyl sites for hydroxylation is 1. The van der Waals surface area contributed by atoms with Gasteiger partial charge in [-0.2, -0.15) is 0 Å². The zero-order valence-corrected chi connectivity index (χ0v) is 22.9. The van der Waals surface area contributed by atoms with Gasteiger partial charge in [-0.15, -0.1) is 11.8 Å². The molecule has 7 nitrogen and oxygen atoms in total. The van der Waals surface area contributed by atoms with Crippen molar-refractivity contribution in [3.63, 3.8) is 0 Å². The van der Waals surface area contributed by atoms with Crippen LogP contribution in [0.25, 0.3) is 5.52 Å². The Morgan fingerprint density at radius 1 is 1.24 bits per heavy atom. The van der Waals surface area contributed by atoms with Gasteiger partial charge < -0.3 is 30.0 Å². The Labute approximate surface area is 227 Å². The number of hydrogen-bond acceptors (Lipinski definition) is 6. The topological polar surface area (TPSA) is 70.0 Å². The number of ether oxygens (including phenoxy) is 1. The summed E-state index contributed by atoms with van der Waals surface area (Å²) in [6, 6.07) is 11.5. The molecule has 1 aromatic carbocycles. The van der Waals surface area contributed by atoms with Crippen LogP contribution in [-0.4, -0.2) is 74.0 Å². The predicted molar refractivity (Wildman–Crippen MR) is 153 cm³/mol. The van der Waals surface area contributed by atoms with Gasteiger partial charge in [0.25, 0.3) is 5.91 Å².